The van der Waals surface area contributed by atoms with Crippen LogP contribution >= 0.6 is 0 Å². The third kappa shape index (κ3) is 3.97. The Morgan fingerprint density at radius 3 is 2.29 bits per heavy atom. The lowest BCUT2D eigenvalue weighted by Gasteiger charge is -2.27. The number of nitrogens with one attached hydrogen (secondary N) is 1. The van der Waals surface area contributed by atoms with E-state index in [0.717, 1.165) is 31.2 Å². The third-order valence-electron chi connectivity index (χ3n) is 4.68. The summed E-state index contributed by atoms with van der Waals surface area (Å²) in [4.78, 5) is 0.274. The average Bonchev–Trinajstić information content (AvgIpc) is 2.55. The highest BCUT2D eigenvalue weighted by Gasteiger charge is 2.21. The standard InChI is InChI=1S/C19H24N2O2S/c1-14-5-11-19(12-6-14)24(22,23)21-18-9-7-15(8-10-18)16-3-2-4-17(20)13-16/h5-12,16-17,21H,2-4,13,20H2,1H3. The van der Waals surface area contributed by atoms with Gasteiger partial charge in [-0.25, -0.2) is 8.42 Å². The summed E-state index contributed by atoms with van der Waals surface area (Å²) in [6, 6.07) is 14.8. The maximum atomic E-state index is 12.4. The molecule has 2 aromatic rings. The Morgan fingerprint density at radius 1 is 1.00 bits per heavy atom. The molecule has 2 unspecified atom stereocenters. The van der Waals surface area contributed by atoms with Crippen LogP contribution in [0, 0.1) is 6.92 Å². The van der Waals surface area contributed by atoms with Crippen LogP contribution in [0.4, 0.5) is 5.69 Å². The van der Waals surface area contributed by atoms with Crippen molar-refractivity contribution in [2.24, 2.45) is 5.73 Å². The van der Waals surface area contributed by atoms with Gasteiger partial charge in [-0.15, -0.1) is 0 Å². The molecule has 0 bridgehead atoms. The lowest BCUT2D eigenvalue weighted by molar-refractivity contribution is 0.393. The molecule has 0 amide bonds. The minimum atomic E-state index is -3.55. The number of aryl methyl sites for hydroxylation is 1. The van der Waals surface area contributed by atoms with E-state index < -0.39 is 10.0 Å². The van der Waals surface area contributed by atoms with Crippen LogP contribution in [0.15, 0.2) is 53.4 Å². The van der Waals surface area contributed by atoms with E-state index in [0.29, 0.717) is 11.6 Å². The minimum Gasteiger partial charge on any atom is -0.328 e. The van der Waals surface area contributed by atoms with Gasteiger partial charge in [0.15, 0.2) is 0 Å². The van der Waals surface area contributed by atoms with Crippen LogP contribution in [0.5, 0.6) is 0 Å². The number of anilines is 1. The molecule has 5 heteroatoms. The molecular weight excluding hydrogens is 320 g/mol. The van der Waals surface area contributed by atoms with Gasteiger partial charge in [-0.3, -0.25) is 4.72 Å². The van der Waals surface area contributed by atoms with Crippen LogP contribution in [0.2, 0.25) is 0 Å². The average molecular weight is 344 g/mol. The van der Waals surface area contributed by atoms with Crippen molar-refractivity contribution in [2.75, 3.05) is 4.72 Å². The van der Waals surface area contributed by atoms with Crippen molar-refractivity contribution in [1.29, 1.82) is 0 Å². The van der Waals surface area contributed by atoms with Crippen LogP contribution in [-0.2, 0) is 10.0 Å². The van der Waals surface area contributed by atoms with E-state index in [4.69, 9.17) is 5.73 Å². The predicted octanol–water partition coefficient (Wildman–Crippen LogP) is 3.78. The Hall–Kier alpha value is -1.85. The molecule has 1 aliphatic rings. The molecule has 0 aromatic heterocycles. The first kappa shape index (κ1) is 17.0. The van der Waals surface area contributed by atoms with Crippen LogP contribution in [0.25, 0.3) is 0 Å². The van der Waals surface area contributed by atoms with Gasteiger partial charge in [0.05, 0.1) is 4.90 Å². The molecule has 0 radical (unpaired) electrons. The summed E-state index contributed by atoms with van der Waals surface area (Å²) in [6.45, 7) is 1.93. The Morgan fingerprint density at radius 2 is 1.67 bits per heavy atom. The van der Waals surface area contributed by atoms with Gasteiger partial charge in [-0.1, -0.05) is 36.2 Å². The molecule has 0 saturated heterocycles. The van der Waals surface area contributed by atoms with Crippen LogP contribution in [-0.4, -0.2) is 14.5 Å². The molecule has 128 valence electrons. The molecule has 2 aromatic carbocycles. The van der Waals surface area contributed by atoms with Gasteiger partial charge < -0.3 is 5.73 Å². The fraction of sp³-hybridized carbons (Fsp3) is 0.368. The molecule has 0 aliphatic heterocycles. The van der Waals surface area contributed by atoms with E-state index in [2.05, 4.69) is 4.72 Å². The summed E-state index contributed by atoms with van der Waals surface area (Å²) in [7, 11) is -3.55. The van der Waals surface area contributed by atoms with E-state index in [1.807, 2.05) is 31.2 Å². The zero-order valence-corrected chi connectivity index (χ0v) is 14.7. The largest absolute Gasteiger partial charge is 0.328 e. The van der Waals surface area contributed by atoms with E-state index in [9.17, 15) is 8.42 Å². The van der Waals surface area contributed by atoms with Crippen molar-refractivity contribution in [3.05, 3.63) is 59.7 Å². The van der Waals surface area contributed by atoms with Crippen LogP contribution in [0.1, 0.15) is 42.7 Å². The Bertz CT molecular complexity index is 783. The minimum absolute atomic E-state index is 0.274. The normalized spacial score (nSPS) is 21.4. The number of rotatable bonds is 4. The Kier molecular flexibility index (Phi) is 4.92. The quantitative estimate of drug-likeness (QED) is 0.886. The number of benzene rings is 2. The smallest absolute Gasteiger partial charge is 0.261 e. The first-order valence-corrected chi connectivity index (χ1v) is 9.87. The highest BCUT2D eigenvalue weighted by Crippen LogP contribution is 2.32. The Labute approximate surface area is 144 Å². The molecule has 1 aliphatic carbocycles. The van der Waals surface area contributed by atoms with Gasteiger partial charge in [-0.05, 0) is 61.9 Å². The fourth-order valence-electron chi connectivity index (χ4n) is 3.29. The molecule has 3 N–H and O–H groups in total. The number of nitrogens with two attached hydrogens (primary N) is 1. The number of sulfonamides is 1. The first-order chi connectivity index (χ1) is 11.4. The van der Waals surface area contributed by atoms with Gasteiger partial charge in [0.25, 0.3) is 10.0 Å². The molecule has 3 rings (SSSR count). The highest BCUT2D eigenvalue weighted by molar-refractivity contribution is 7.92. The van der Waals surface area contributed by atoms with E-state index in [1.54, 1.807) is 24.3 Å². The van der Waals surface area contributed by atoms with Crippen molar-refractivity contribution in [1.82, 2.24) is 0 Å². The molecule has 0 heterocycles. The zero-order chi connectivity index (χ0) is 17.2. The molecule has 24 heavy (non-hydrogen) atoms. The number of hydrogen-bond donors (Lipinski definition) is 2. The molecule has 1 saturated carbocycles. The lowest BCUT2D eigenvalue weighted by atomic mass is 9.82. The molecule has 2 atom stereocenters. The van der Waals surface area contributed by atoms with Gasteiger partial charge in [0, 0.05) is 11.7 Å². The third-order valence-corrected chi connectivity index (χ3v) is 6.08. The van der Waals surface area contributed by atoms with Gasteiger partial charge in [0.2, 0.25) is 0 Å². The summed E-state index contributed by atoms with van der Waals surface area (Å²) < 4.78 is 27.5. The van der Waals surface area contributed by atoms with Crippen molar-refractivity contribution in [2.45, 2.75) is 49.5 Å². The maximum Gasteiger partial charge on any atom is 0.261 e. The van der Waals surface area contributed by atoms with Gasteiger partial charge in [-0.2, -0.15) is 0 Å². The Balaban J connectivity index is 1.72. The number of hydrogen-bond acceptors (Lipinski definition) is 3. The second kappa shape index (κ2) is 6.95. The van der Waals surface area contributed by atoms with Gasteiger partial charge >= 0.3 is 0 Å². The van der Waals surface area contributed by atoms with Crippen molar-refractivity contribution in [3.8, 4) is 0 Å². The SMILES string of the molecule is Cc1ccc(S(=O)(=O)Nc2ccc(C3CCCC(N)C3)cc2)cc1. The summed E-state index contributed by atoms with van der Waals surface area (Å²) in [6.07, 6.45) is 4.43. The second-order valence-corrected chi connectivity index (χ2v) is 8.35. The first-order valence-electron chi connectivity index (χ1n) is 8.39. The van der Waals surface area contributed by atoms with Crippen molar-refractivity contribution in [3.63, 3.8) is 0 Å². The summed E-state index contributed by atoms with van der Waals surface area (Å²) in [5.74, 6) is 0.483. The second-order valence-electron chi connectivity index (χ2n) is 6.66. The summed E-state index contributed by atoms with van der Waals surface area (Å²) in [5.41, 5.74) is 8.91. The topological polar surface area (TPSA) is 72.2 Å². The van der Waals surface area contributed by atoms with Crippen LogP contribution < -0.4 is 10.5 Å². The van der Waals surface area contributed by atoms with Crippen LogP contribution in [0.3, 0.4) is 0 Å². The molecular formula is C19H24N2O2S. The predicted molar refractivity (Wildman–Crippen MR) is 97.6 cm³/mol. The molecule has 4 nitrogen and oxygen atoms in total. The molecule has 0 spiro atoms. The van der Waals surface area contributed by atoms with Crippen molar-refractivity contribution >= 4 is 15.7 Å². The van der Waals surface area contributed by atoms with Crippen molar-refractivity contribution < 1.29 is 8.42 Å². The zero-order valence-electron chi connectivity index (χ0n) is 13.9. The van der Waals surface area contributed by atoms with E-state index in [-0.39, 0.29) is 10.9 Å². The fourth-order valence-corrected chi connectivity index (χ4v) is 4.34. The van der Waals surface area contributed by atoms with Gasteiger partial charge in [0.1, 0.15) is 0 Å². The highest BCUT2D eigenvalue weighted by atomic mass is 32.2. The monoisotopic (exact) mass is 344 g/mol. The van der Waals surface area contributed by atoms with E-state index >= 15 is 0 Å². The lowest BCUT2D eigenvalue weighted by Crippen LogP contribution is -2.26. The summed E-state index contributed by atoms with van der Waals surface area (Å²) >= 11 is 0. The van der Waals surface area contributed by atoms with E-state index in [1.165, 1.54) is 5.56 Å². The maximum absolute atomic E-state index is 12.4. The summed E-state index contributed by atoms with van der Waals surface area (Å²) in [5, 5.41) is 0. The molecule has 1 fully saturated rings.